The zero-order valence-corrected chi connectivity index (χ0v) is 14.2. The molecule has 0 unspecified atom stereocenters. The fourth-order valence-corrected chi connectivity index (χ4v) is 3.82. The van der Waals surface area contributed by atoms with Crippen LogP contribution < -0.4 is 0 Å². The molecule has 4 rings (SSSR count). The van der Waals surface area contributed by atoms with Crippen molar-refractivity contribution in [3.05, 3.63) is 59.5 Å². The van der Waals surface area contributed by atoms with Gasteiger partial charge in [-0.3, -0.25) is 14.5 Å². The first kappa shape index (κ1) is 16.1. The summed E-state index contributed by atoms with van der Waals surface area (Å²) >= 11 is 0. The lowest BCUT2D eigenvalue weighted by Crippen LogP contribution is -2.40. The average molecular weight is 338 g/mol. The number of nitrogens with zero attached hydrogens (tertiary/aromatic N) is 2. The molecule has 0 N–H and O–H groups in total. The third-order valence-corrected chi connectivity index (χ3v) is 5.25. The highest BCUT2D eigenvalue weighted by Crippen LogP contribution is 2.26. The Balaban J connectivity index is 1.27. The van der Waals surface area contributed by atoms with Crippen molar-refractivity contribution in [1.29, 1.82) is 0 Å². The van der Waals surface area contributed by atoms with E-state index in [4.69, 9.17) is 4.42 Å². The van der Waals surface area contributed by atoms with Crippen molar-refractivity contribution in [2.45, 2.75) is 19.4 Å². The molecule has 2 aliphatic rings. The van der Waals surface area contributed by atoms with E-state index >= 15 is 0 Å². The number of furan rings is 1. The van der Waals surface area contributed by atoms with Crippen molar-refractivity contribution < 1.29 is 14.0 Å². The Labute approximate surface area is 147 Å². The van der Waals surface area contributed by atoms with Gasteiger partial charge in [0.15, 0.2) is 5.76 Å². The number of amides is 1. The largest absolute Gasteiger partial charge is 0.461 e. The molecule has 0 aliphatic carbocycles. The third kappa shape index (κ3) is 3.37. The molecule has 0 spiro atoms. The lowest BCUT2D eigenvalue weighted by molar-refractivity contribution is 0.0705. The van der Waals surface area contributed by atoms with Gasteiger partial charge in [0, 0.05) is 18.7 Å². The monoisotopic (exact) mass is 338 g/mol. The zero-order chi connectivity index (χ0) is 17.2. The summed E-state index contributed by atoms with van der Waals surface area (Å²) in [4.78, 5) is 28.7. The summed E-state index contributed by atoms with van der Waals surface area (Å²) in [7, 11) is 0. The molecule has 2 aromatic rings. The Morgan fingerprint density at radius 1 is 1.12 bits per heavy atom. The van der Waals surface area contributed by atoms with Crippen molar-refractivity contribution in [2.24, 2.45) is 5.92 Å². The summed E-state index contributed by atoms with van der Waals surface area (Å²) in [6.45, 7) is 3.74. The van der Waals surface area contributed by atoms with Gasteiger partial charge in [0.05, 0.1) is 12.8 Å². The van der Waals surface area contributed by atoms with Gasteiger partial charge in [0.25, 0.3) is 5.91 Å². The van der Waals surface area contributed by atoms with Crippen molar-refractivity contribution >= 4 is 11.7 Å². The number of hydrogen-bond donors (Lipinski definition) is 0. The van der Waals surface area contributed by atoms with Crippen LogP contribution in [0.3, 0.4) is 0 Å². The first-order valence-corrected chi connectivity index (χ1v) is 8.87. The van der Waals surface area contributed by atoms with E-state index in [0.717, 1.165) is 50.1 Å². The molecule has 3 heterocycles. The minimum atomic E-state index is 0.0358. The Hall–Kier alpha value is -2.40. The molecule has 0 saturated carbocycles. The van der Waals surface area contributed by atoms with Crippen molar-refractivity contribution in [3.63, 3.8) is 0 Å². The van der Waals surface area contributed by atoms with Gasteiger partial charge >= 0.3 is 0 Å². The molecular formula is C20H22N2O3. The first-order valence-electron chi connectivity index (χ1n) is 8.87. The molecule has 130 valence electrons. The maximum absolute atomic E-state index is 12.5. The van der Waals surface area contributed by atoms with Crippen LogP contribution in [-0.2, 0) is 6.54 Å². The van der Waals surface area contributed by atoms with Gasteiger partial charge < -0.3 is 9.32 Å². The fraction of sp³-hybridized carbons (Fsp3) is 0.400. The highest BCUT2D eigenvalue weighted by molar-refractivity contribution is 5.98. The standard InChI is InChI=1S/C20H22N2O3/c23-18(19-6-3-11-25-19)14-21-9-7-15(8-10-21)12-22-13-16-4-1-2-5-17(16)20(22)24/h1-6,11,15H,7-10,12-14H2. The lowest BCUT2D eigenvalue weighted by atomic mass is 9.96. The van der Waals surface area contributed by atoms with Crippen molar-refractivity contribution in [2.75, 3.05) is 26.2 Å². The van der Waals surface area contributed by atoms with E-state index in [2.05, 4.69) is 4.90 Å². The minimum Gasteiger partial charge on any atom is -0.461 e. The number of Topliss-reactive ketones (excluding diaryl/α,β-unsaturated/α-hetero) is 1. The Kier molecular flexibility index (Phi) is 4.40. The van der Waals surface area contributed by atoms with Gasteiger partial charge in [0.2, 0.25) is 5.78 Å². The fourth-order valence-electron chi connectivity index (χ4n) is 3.82. The summed E-state index contributed by atoms with van der Waals surface area (Å²) in [6, 6.07) is 11.3. The van der Waals surface area contributed by atoms with Gasteiger partial charge in [-0.2, -0.15) is 0 Å². The number of fused-ring (bicyclic) bond motifs is 1. The summed E-state index contributed by atoms with van der Waals surface area (Å²) in [5.74, 6) is 1.13. The first-order chi connectivity index (χ1) is 12.2. The number of hydrogen-bond acceptors (Lipinski definition) is 4. The van der Waals surface area contributed by atoms with E-state index < -0.39 is 0 Å². The maximum atomic E-state index is 12.5. The second-order valence-corrected chi connectivity index (χ2v) is 6.96. The van der Waals surface area contributed by atoms with E-state index in [1.165, 1.54) is 6.26 Å². The molecule has 25 heavy (non-hydrogen) atoms. The molecule has 1 aromatic heterocycles. The molecule has 0 atom stereocenters. The molecule has 0 bridgehead atoms. The molecular weight excluding hydrogens is 316 g/mol. The summed E-state index contributed by atoms with van der Waals surface area (Å²) in [5, 5.41) is 0. The van der Waals surface area contributed by atoms with Crippen LogP contribution in [0.4, 0.5) is 0 Å². The topological polar surface area (TPSA) is 53.8 Å². The summed E-state index contributed by atoms with van der Waals surface area (Å²) in [6.07, 6.45) is 3.57. The maximum Gasteiger partial charge on any atom is 0.254 e. The molecule has 1 fully saturated rings. The van der Waals surface area contributed by atoms with Gasteiger partial charge in [-0.15, -0.1) is 0 Å². The lowest BCUT2D eigenvalue weighted by Gasteiger charge is -2.33. The van der Waals surface area contributed by atoms with E-state index in [0.29, 0.717) is 18.2 Å². The summed E-state index contributed by atoms with van der Waals surface area (Å²) in [5.41, 5.74) is 1.98. The van der Waals surface area contributed by atoms with Crippen LogP contribution in [0.1, 0.15) is 39.3 Å². The van der Waals surface area contributed by atoms with Crippen LogP contribution in [0, 0.1) is 5.92 Å². The molecule has 5 nitrogen and oxygen atoms in total. The van der Waals surface area contributed by atoms with Gasteiger partial charge in [-0.25, -0.2) is 0 Å². The molecule has 1 amide bonds. The second-order valence-electron chi connectivity index (χ2n) is 6.96. The zero-order valence-electron chi connectivity index (χ0n) is 14.2. The second kappa shape index (κ2) is 6.84. The predicted octanol–water partition coefficient (Wildman–Crippen LogP) is 2.83. The number of ketones is 1. The van der Waals surface area contributed by atoms with Crippen LogP contribution in [0.2, 0.25) is 0 Å². The van der Waals surface area contributed by atoms with Gasteiger partial charge in [0.1, 0.15) is 0 Å². The Morgan fingerprint density at radius 2 is 1.92 bits per heavy atom. The number of carbonyl (C=O) groups excluding carboxylic acids is 2. The Bertz CT molecular complexity index is 761. The van der Waals surface area contributed by atoms with E-state index in [1.54, 1.807) is 12.1 Å². The molecule has 2 aliphatic heterocycles. The van der Waals surface area contributed by atoms with Crippen LogP contribution in [-0.4, -0.2) is 47.7 Å². The predicted molar refractivity (Wildman–Crippen MR) is 93.4 cm³/mol. The third-order valence-electron chi connectivity index (χ3n) is 5.25. The van der Waals surface area contributed by atoms with Gasteiger partial charge in [-0.1, -0.05) is 18.2 Å². The SMILES string of the molecule is O=C(CN1CCC(CN2Cc3ccccc3C2=O)CC1)c1ccco1. The number of rotatable bonds is 5. The Morgan fingerprint density at radius 3 is 2.64 bits per heavy atom. The number of carbonyl (C=O) groups is 2. The molecule has 1 aromatic carbocycles. The van der Waals surface area contributed by atoms with Crippen molar-refractivity contribution in [3.8, 4) is 0 Å². The van der Waals surface area contributed by atoms with Crippen LogP contribution in [0.15, 0.2) is 47.1 Å². The molecule has 1 saturated heterocycles. The summed E-state index contributed by atoms with van der Waals surface area (Å²) < 4.78 is 5.17. The minimum absolute atomic E-state index is 0.0358. The van der Waals surface area contributed by atoms with E-state index in [-0.39, 0.29) is 11.7 Å². The molecule has 0 radical (unpaired) electrons. The highest BCUT2D eigenvalue weighted by Gasteiger charge is 2.30. The number of likely N-dealkylation sites (tertiary alicyclic amines) is 1. The normalized spacial score (nSPS) is 18.6. The smallest absolute Gasteiger partial charge is 0.254 e. The average Bonchev–Trinajstić information content (AvgIpc) is 3.26. The number of piperidine rings is 1. The van der Waals surface area contributed by atoms with Crippen LogP contribution in [0.25, 0.3) is 0 Å². The van der Waals surface area contributed by atoms with Gasteiger partial charge in [-0.05, 0) is 55.6 Å². The van der Waals surface area contributed by atoms with Crippen LogP contribution >= 0.6 is 0 Å². The van der Waals surface area contributed by atoms with Crippen molar-refractivity contribution in [1.82, 2.24) is 9.80 Å². The van der Waals surface area contributed by atoms with E-state index in [9.17, 15) is 9.59 Å². The quantitative estimate of drug-likeness (QED) is 0.787. The van der Waals surface area contributed by atoms with Crippen LogP contribution in [0.5, 0.6) is 0 Å². The number of benzene rings is 1. The van der Waals surface area contributed by atoms with E-state index in [1.807, 2.05) is 29.2 Å². The highest BCUT2D eigenvalue weighted by atomic mass is 16.3. The molecule has 5 heteroatoms.